The molecule has 3 rings (SSSR count). The average molecular weight is 316 g/mol. The van der Waals surface area contributed by atoms with E-state index >= 15 is 0 Å². The highest BCUT2D eigenvalue weighted by Crippen LogP contribution is 2.33. The largest absolute Gasteiger partial charge is 0.394 e. The highest BCUT2D eigenvalue weighted by Gasteiger charge is 2.27. The number of hydrogen-bond donors (Lipinski definition) is 2. The summed E-state index contributed by atoms with van der Waals surface area (Å²) in [4.78, 5) is 4.59. The number of thiazole rings is 1. The number of aliphatic hydroxyl groups excluding tert-OH is 1. The number of para-hydroxylation sites is 1. The third kappa shape index (κ3) is 3.11. The van der Waals surface area contributed by atoms with Crippen LogP contribution in [0.25, 0.3) is 10.2 Å². The molecule has 1 aromatic heterocycles. The van der Waals surface area contributed by atoms with Gasteiger partial charge in [0.25, 0.3) is 0 Å². The van der Waals surface area contributed by atoms with Crippen molar-refractivity contribution in [2.24, 2.45) is 5.73 Å². The predicted molar refractivity (Wildman–Crippen MR) is 89.7 cm³/mol. The highest BCUT2D eigenvalue weighted by molar-refractivity contribution is 8.01. The van der Waals surface area contributed by atoms with Gasteiger partial charge in [-0.15, -0.1) is 11.3 Å². The topological polar surface area (TPSA) is 59.1 Å². The van der Waals surface area contributed by atoms with Gasteiger partial charge in [0.1, 0.15) is 0 Å². The van der Waals surface area contributed by atoms with E-state index in [9.17, 15) is 5.11 Å². The fourth-order valence-electron chi connectivity index (χ4n) is 2.09. The first-order valence-electron chi connectivity index (χ1n) is 6.65. The maximum absolute atomic E-state index is 9.70. The van der Waals surface area contributed by atoms with E-state index in [1.54, 1.807) is 23.1 Å². The lowest BCUT2D eigenvalue weighted by molar-refractivity contribution is 0.213. The molecule has 1 heterocycles. The summed E-state index contributed by atoms with van der Waals surface area (Å²) < 4.78 is 2.15. The Balaban J connectivity index is 1.78. The lowest BCUT2D eigenvalue weighted by atomic mass is 9.94. The Bertz CT molecular complexity index is 696. The molecule has 0 aliphatic rings. The molecule has 5 heteroatoms. The van der Waals surface area contributed by atoms with Gasteiger partial charge < -0.3 is 10.8 Å². The molecular formula is C16H16N2OS2. The van der Waals surface area contributed by atoms with E-state index in [2.05, 4.69) is 11.1 Å². The quantitative estimate of drug-likeness (QED) is 0.710. The number of nitrogens with zero attached hydrogens (tertiary/aromatic N) is 1. The van der Waals surface area contributed by atoms with Crippen LogP contribution in [0.4, 0.5) is 0 Å². The summed E-state index contributed by atoms with van der Waals surface area (Å²) in [6, 6.07) is 17.8. The molecule has 0 radical (unpaired) electrons. The fraction of sp³-hybridized carbons (Fsp3) is 0.188. The number of nitrogens with two attached hydrogens (primary N) is 1. The number of aliphatic hydroxyl groups is 1. The summed E-state index contributed by atoms with van der Waals surface area (Å²) in [7, 11) is 0. The second-order valence-electron chi connectivity index (χ2n) is 4.92. The molecule has 0 saturated heterocycles. The van der Waals surface area contributed by atoms with E-state index in [1.807, 2.05) is 48.5 Å². The maximum atomic E-state index is 9.70. The molecule has 0 spiro atoms. The molecule has 3 nitrogen and oxygen atoms in total. The molecule has 21 heavy (non-hydrogen) atoms. The number of fused-ring (bicyclic) bond motifs is 1. The van der Waals surface area contributed by atoms with Crippen LogP contribution in [0.15, 0.2) is 58.9 Å². The molecule has 0 saturated carbocycles. The Morgan fingerprint density at radius 3 is 2.52 bits per heavy atom. The molecule has 108 valence electrons. The number of aromatic nitrogens is 1. The van der Waals surface area contributed by atoms with Gasteiger partial charge in [-0.05, 0) is 17.7 Å². The van der Waals surface area contributed by atoms with Crippen LogP contribution in [0, 0.1) is 0 Å². The predicted octanol–water partition coefficient (Wildman–Crippen LogP) is 3.23. The van der Waals surface area contributed by atoms with Crippen LogP contribution in [0.2, 0.25) is 0 Å². The van der Waals surface area contributed by atoms with Crippen LogP contribution in [-0.2, 0) is 5.54 Å². The molecule has 0 amide bonds. The Morgan fingerprint density at radius 2 is 1.81 bits per heavy atom. The smallest absolute Gasteiger partial charge is 0.151 e. The molecule has 0 aliphatic carbocycles. The first kappa shape index (κ1) is 14.5. The van der Waals surface area contributed by atoms with Crippen molar-refractivity contribution in [3.05, 3.63) is 60.2 Å². The minimum atomic E-state index is -0.746. The van der Waals surface area contributed by atoms with Gasteiger partial charge in [-0.25, -0.2) is 4.98 Å². The second-order valence-corrected chi connectivity index (χ2v) is 7.17. The monoisotopic (exact) mass is 316 g/mol. The number of benzene rings is 2. The lowest BCUT2D eigenvalue weighted by Crippen LogP contribution is -2.43. The van der Waals surface area contributed by atoms with Gasteiger partial charge in [0.05, 0.1) is 22.4 Å². The molecule has 1 atom stereocenters. The van der Waals surface area contributed by atoms with Gasteiger partial charge in [0, 0.05) is 5.75 Å². The van der Waals surface area contributed by atoms with Crippen molar-refractivity contribution < 1.29 is 5.11 Å². The van der Waals surface area contributed by atoms with Gasteiger partial charge in [0.2, 0.25) is 0 Å². The molecule has 0 aliphatic heterocycles. The van der Waals surface area contributed by atoms with Crippen molar-refractivity contribution in [3.63, 3.8) is 0 Å². The number of rotatable bonds is 5. The Labute approximate surface area is 131 Å². The van der Waals surface area contributed by atoms with Crippen LogP contribution >= 0.6 is 23.1 Å². The van der Waals surface area contributed by atoms with E-state index in [-0.39, 0.29) is 6.61 Å². The van der Waals surface area contributed by atoms with Crippen LogP contribution in [0.5, 0.6) is 0 Å². The fourth-order valence-corrected chi connectivity index (χ4v) is 4.27. The van der Waals surface area contributed by atoms with Gasteiger partial charge in [-0.3, -0.25) is 0 Å². The Kier molecular flexibility index (Phi) is 4.26. The van der Waals surface area contributed by atoms with E-state index in [1.165, 1.54) is 4.70 Å². The van der Waals surface area contributed by atoms with E-state index in [4.69, 9.17) is 5.73 Å². The summed E-state index contributed by atoms with van der Waals surface area (Å²) in [5.74, 6) is 0.591. The Hall–Kier alpha value is -1.40. The second kappa shape index (κ2) is 6.15. The molecule has 0 fully saturated rings. The normalized spacial score (nSPS) is 14.2. The summed E-state index contributed by atoms with van der Waals surface area (Å²) in [5.41, 5.74) is 7.58. The molecule has 3 N–H and O–H groups in total. The highest BCUT2D eigenvalue weighted by atomic mass is 32.2. The minimum Gasteiger partial charge on any atom is -0.394 e. The standard InChI is InChI=1S/C16H16N2OS2/c17-16(10-19,12-6-2-1-3-7-12)11-20-15-18-13-8-4-5-9-14(13)21-15/h1-9,19H,10-11,17H2. The van der Waals surface area contributed by atoms with Gasteiger partial charge in [-0.1, -0.05) is 54.2 Å². The maximum Gasteiger partial charge on any atom is 0.151 e. The van der Waals surface area contributed by atoms with E-state index in [0.717, 1.165) is 15.4 Å². The van der Waals surface area contributed by atoms with Crippen LogP contribution < -0.4 is 5.73 Å². The third-order valence-electron chi connectivity index (χ3n) is 3.36. The van der Waals surface area contributed by atoms with Crippen LogP contribution in [0.3, 0.4) is 0 Å². The van der Waals surface area contributed by atoms with Gasteiger partial charge in [0.15, 0.2) is 4.34 Å². The van der Waals surface area contributed by atoms with Crippen molar-refractivity contribution in [2.75, 3.05) is 12.4 Å². The summed E-state index contributed by atoms with van der Waals surface area (Å²) in [5, 5.41) is 9.70. The summed E-state index contributed by atoms with van der Waals surface area (Å²) >= 11 is 3.25. The van der Waals surface area contributed by atoms with E-state index in [0.29, 0.717) is 5.75 Å². The first-order chi connectivity index (χ1) is 10.2. The molecule has 0 bridgehead atoms. The van der Waals surface area contributed by atoms with Crippen molar-refractivity contribution >= 4 is 33.3 Å². The molecular weight excluding hydrogens is 300 g/mol. The van der Waals surface area contributed by atoms with Crippen molar-refractivity contribution in [1.29, 1.82) is 0 Å². The van der Waals surface area contributed by atoms with Crippen molar-refractivity contribution in [3.8, 4) is 0 Å². The average Bonchev–Trinajstić information content (AvgIpc) is 2.96. The molecule has 2 aromatic carbocycles. The molecule has 1 unspecified atom stereocenters. The minimum absolute atomic E-state index is 0.0884. The summed E-state index contributed by atoms with van der Waals surface area (Å²) in [6.07, 6.45) is 0. The summed E-state index contributed by atoms with van der Waals surface area (Å²) in [6.45, 7) is -0.0884. The zero-order valence-corrected chi connectivity index (χ0v) is 13.0. The van der Waals surface area contributed by atoms with Crippen molar-refractivity contribution in [2.45, 2.75) is 9.88 Å². The zero-order valence-electron chi connectivity index (χ0n) is 11.4. The zero-order chi connectivity index (χ0) is 14.7. The molecule has 3 aromatic rings. The SMILES string of the molecule is NC(CO)(CSc1nc2ccccc2s1)c1ccccc1. The van der Waals surface area contributed by atoms with Crippen molar-refractivity contribution in [1.82, 2.24) is 4.98 Å². The van der Waals surface area contributed by atoms with Crippen LogP contribution in [0.1, 0.15) is 5.56 Å². The van der Waals surface area contributed by atoms with E-state index < -0.39 is 5.54 Å². The lowest BCUT2D eigenvalue weighted by Gasteiger charge is -2.26. The number of hydrogen-bond acceptors (Lipinski definition) is 5. The Morgan fingerprint density at radius 1 is 1.10 bits per heavy atom. The van der Waals surface area contributed by atoms with Crippen LogP contribution in [-0.4, -0.2) is 22.5 Å². The first-order valence-corrected chi connectivity index (χ1v) is 8.45. The third-order valence-corrected chi connectivity index (χ3v) is 5.79. The number of thioether (sulfide) groups is 1. The van der Waals surface area contributed by atoms with Gasteiger partial charge in [-0.2, -0.15) is 0 Å². The van der Waals surface area contributed by atoms with Gasteiger partial charge >= 0.3 is 0 Å².